The minimum atomic E-state index is 0. The number of nitrogens with zero attached hydrogens (tertiary/aromatic N) is 2. The fraction of sp³-hybridized carbons (Fsp3) is 0.867. The van der Waals surface area contributed by atoms with Crippen LogP contribution in [0.5, 0.6) is 0 Å². The van der Waals surface area contributed by atoms with Crippen LogP contribution in [0.15, 0.2) is 4.99 Å². The van der Waals surface area contributed by atoms with Crippen molar-refractivity contribution in [3.63, 3.8) is 0 Å². The molecule has 0 aromatic heterocycles. The number of guanidine groups is 1. The number of likely N-dealkylation sites (tertiary alicyclic amines) is 1. The SMILES string of the molecule is CCNC(=NCCCSC)N1CCC(CC(=O)NC)CC1.I. The first-order chi connectivity index (χ1) is 10.2. The Balaban J connectivity index is 0.00000441. The van der Waals surface area contributed by atoms with Gasteiger partial charge in [-0.2, -0.15) is 11.8 Å². The molecular formula is C15H31IN4OS. The van der Waals surface area contributed by atoms with Crippen molar-refractivity contribution in [3.05, 3.63) is 0 Å². The molecule has 1 saturated heterocycles. The van der Waals surface area contributed by atoms with E-state index >= 15 is 0 Å². The van der Waals surface area contributed by atoms with Gasteiger partial charge in [-0.1, -0.05) is 0 Å². The average molecular weight is 442 g/mol. The van der Waals surface area contributed by atoms with Crippen molar-refractivity contribution in [1.82, 2.24) is 15.5 Å². The fourth-order valence-electron chi connectivity index (χ4n) is 2.53. The first-order valence-electron chi connectivity index (χ1n) is 7.94. The fourth-order valence-corrected chi connectivity index (χ4v) is 2.95. The normalized spacial score (nSPS) is 16.1. The lowest BCUT2D eigenvalue weighted by Crippen LogP contribution is -2.46. The molecule has 1 fully saturated rings. The average Bonchev–Trinajstić information content (AvgIpc) is 2.51. The van der Waals surface area contributed by atoms with Gasteiger partial charge < -0.3 is 15.5 Å². The van der Waals surface area contributed by atoms with Crippen molar-refractivity contribution in [3.8, 4) is 0 Å². The molecule has 0 radical (unpaired) electrons. The van der Waals surface area contributed by atoms with Gasteiger partial charge in [0.25, 0.3) is 0 Å². The number of rotatable bonds is 7. The first-order valence-corrected chi connectivity index (χ1v) is 9.33. The van der Waals surface area contributed by atoms with Gasteiger partial charge in [-0.05, 0) is 44.1 Å². The Hall–Kier alpha value is -0.180. The first kappa shape index (κ1) is 21.8. The third-order valence-corrected chi connectivity index (χ3v) is 4.47. The van der Waals surface area contributed by atoms with Gasteiger partial charge in [0.1, 0.15) is 0 Å². The number of aliphatic imine (C=N–C) groups is 1. The monoisotopic (exact) mass is 442 g/mol. The molecule has 130 valence electrons. The lowest BCUT2D eigenvalue weighted by molar-refractivity contribution is -0.121. The largest absolute Gasteiger partial charge is 0.359 e. The molecule has 7 heteroatoms. The highest BCUT2D eigenvalue weighted by Gasteiger charge is 2.22. The number of hydrogen-bond acceptors (Lipinski definition) is 3. The van der Waals surface area contributed by atoms with E-state index in [1.807, 2.05) is 11.8 Å². The maximum Gasteiger partial charge on any atom is 0.220 e. The summed E-state index contributed by atoms with van der Waals surface area (Å²) in [6.07, 6.45) is 6.06. The second-order valence-electron chi connectivity index (χ2n) is 5.39. The third kappa shape index (κ3) is 8.45. The molecule has 0 bridgehead atoms. The summed E-state index contributed by atoms with van der Waals surface area (Å²) in [6, 6.07) is 0. The number of carbonyl (C=O) groups is 1. The number of nitrogens with one attached hydrogen (secondary N) is 2. The van der Waals surface area contributed by atoms with Crippen LogP contribution in [0.25, 0.3) is 0 Å². The summed E-state index contributed by atoms with van der Waals surface area (Å²) in [5, 5.41) is 6.10. The molecule has 0 aromatic rings. The molecule has 0 aliphatic carbocycles. The van der Waals surface area contributed by atoms with Gasteiger partial charge in [0.2, 0.25) is 5.91 Å². The maximum absolute atomic E-state index is 11.4. The third-order valence-electron chi connectivity index (χ3n) is 3.77. The quantitative estimate of drug-likeness (QED) is 0.275. The highest BCUT2D eigenvalue weighted by molar-refractivity contribution is 14.0. The van der Waals surface area contributed by atoms with E-state index in [9.17, 15) is 4.79 Å². The zero-order valence-electron chi connectivity index (χ0n) is 14.1. The molecule has 1 aliphatic rings. The molecule has 5 nitrogen and oxygen atoms in total. The number of halogens is 1. The van der Waals surface area contributed by atoms with Crippen molar-refractivity contribution in [2.45, 2.75) is 32.6 Å². The smallest absolute Gasteiger partial charge is 0.220 e. The van der Waals surface area contributed by atoms with Crippen LogP contribution in [-0.2, 0) is 4.79 Å². The molecule has 1 heterocycles. The van der Waals surface area contributed by atoms with Crippen molar-refractivity contribution in [1.29, 1.82) is 0 Å². The van der Waals surface area contributed by atoms with Gasteiger partial charge in [-0.3, -0.25) is 9.79 Å². The van der Waals surface area contributed by atoms with E-state index in [1.165, 1.54) is 0 Å². The molecule has 0 saturated carbocycles. The van der Waals surface area contributed by atoms with Crippen molar-refractivity contribution < 1.29 is 4.79 Å². The molecule has 2 N–H and O–H groups in total. The maximum atomic E-state index is 11.4. The van der Waals surface area contributed by atoms with Crippen LogP contribution in [-0.4, -0.2) is 62.0 Å². The van der Waals surface area contributed by atoms with Crippen LogP contribution >= 0.6 is 35.7 Å². The lowest BCUT2D eigenvalue weighted by atomic mass is 9.93. The second-order valence-corrected chi connectivity index (χ2v) is 6.38. The predicted molar refractivity (Wildman–Crippen MR) is 107 cm³/mol. The van der Waals surface area contributed by atoms with E-state index in [1.54, 1.807) is 7.05 Å². The van der Waals surface area contributed by atoms with Gasteiger partial charge in [0.15, 0.2) is 5.96 Å². The number of amides is 1. The van der Waals surface area contributed by atoms with Crippen LogP contribution < -0.4 is 10.6 Å². The zero-order valence-corrected chi connectivity index (χ0v) is 17.2. The second kappa shape index (κ2) is 13.3. The van der Waals surface area contributed by atoms with Gasteiger partial charge in [0, 0.05) is 39.6 Å². The standard InChI is InChI=1S/C15H30N4OS.HI/c1-4-17-15(18-8-5-11-21-3)19-9-6-13(7-10-19)12-14(20)16-2;/h13H,4-12H2,1-3H3,(H,16,20)(H,17,18);1H. The summed E-state index contributed by atoms with van der Waals surface area (Å²) in [6.45, 7) is 5.89. The van der Waals surface area contributed by atoms with E-state index in [0.29, 0.717) is 12.3 Å². The molecule has 1 amide bonds. The number of hydrogen-bond donors (Lipinski definition) is 2. The summed E-state index contributed by atoms with van der Waals surface area (Å²) in [4.78, 5) is 18.5. The topological polar surface area (TPSA) is 56.7 Å². The molecule has 0 unspecified atom stereocenters. The highest BCUT2D eigenvalue weighted by atomic mass is 127. The summed E-state index contributed by atoms with van der Waals surface area (Å²) >= 11 is 1.87. The van der Waals surface area contributed by atoms with Gasteiger partial charge in [-0.15, -0.1) is 24.0 Å². The highest BCUT2D eigenvalue weighted by Crippen LogP contribution is 2.20. The van der Waals surface area contributed by atoms with Gasteiger partial charge in [-0.25, -0.2) is 0 Å². The summed E-state index contributed by atoms with van der Waals surface area (Å²) in [5.74, 6) is 2.88. The van der Waals surface area contributed by atoms with Crippen molar-refractivity contribution in [2.24, 2.45) is 10.9 Å². The molecule has 22 heavy (non-hydrogen) atoms. The minimum absolute atomic E-state index is 0. The van der Waals surface area contributed by atoms with Crippen LogP contribution in [0.1, 0.15) is 32.6 Å². The molecule has 1 aliphatic heterocycles. The Morgan fingerprint density at radius 2 is 2.05 bits per heavy atom. The van der Waals surface area contributed by atoms with Crippen LogP contribution in [0.2, 0.25) is 0 Å². The molecular weight excluding hydrogens is 411 g/mol. The predicted octanol–water partition coefficient (Wildman–Crippen LogP) is 2.17. The summed E-state index contributed by atoms with van der Waals surface area (Å²) in [7, 11) is 1.71. The minimum Gasteiger partial charge on any atom is -0.359 e. The molecule has 0 aromatic carbocycles. The Bertz CT molecular complexity index is 334. The van der Waals surface area contributed by atoms with Gasteiger partial charge >= 0.3 is 0 Å². The van der Waals surface area contributed by atoms with Crippen LogP contribution in [0.4, 0.5) is 0 Å². The van der Waals surface area contributed by atoms with E-state index in [2.05, 4.69) is 28.7 Å². The van der Waals surface area contributed by atoms with E-state index in [-0.39, 0.29) is 29.9 Å². The Morgan fingerprint density at radius 3 is 2.59 bits per heavy atom. The van der Waals surface area contributed by atoms with Crippen LogP contribution in [0, 0.1) is 5.92 Å². The molecule has 1 rings (SSSR count). The van der Waals surface area contributed by atoms with E-state index in [4.69, 9.17) is 4.99 Å². The summed E-state index contributed by atoms with van der Waals surface area (Å²) < 4.78 is 0. The van der Waals surface area contributed by atoms with E-state index < -0.39 is 0 Å². The van der Waals surface area contributed by atoms with Gasteiger partial charge in [0.05, 0.1) is 0 Å². The van der Waals surface area contributed by atoms with Crippen molar-refractivity contribution >= 4 is 47.6 Å². The summed E-state index contributed by atoms with van der Waals surface area (Å²) in [5.41, 5.74) is 0. The van der Waals surface area contributed by atoms with Crippen molar-refractivity contribution in [2.75, 3.05) is 45.2 Å². The lowest BCUT2D eigenvalue weighted by Gasteiger charge is -2.34. The number of piperidine rings is 1. The molecule has 0 atom stereocenters. The number of thioether (sulfide) groups is 1. The molecule has 0 spiro atoms. The Kier molecular flexibility index (Phi) is 13.2. The zero-order chi connectivity index (χ0) is 15.5. The number of carbonyl (C=O) groups excluding carboxylic acids is 1. The Labute approximate surface area is 156 Å². The van der Waals surface area contributed by atoms with E-state index in [0.717, 1.165) is 57.2 Å². The van der Waals surface area contributed by atoms with Crippen LogP contribution in [0.3, 0.4) is 0 Å². The Morgan fingerprint density at radius 1 is 1.36 bits per heavy atom.